The SMILES string of the molecule is CCC(=O)Cc1ccc(OC)c(O)c1. The molecular formula is C11H14O3. The number of Topliss-reactive ketones (excluding diaryl/α,β-unsaturated/α-hetero) is 1. The van der Waals surface area contributed by atoms with Gasteiger partial charge in [0, 0.05) is 12.8 Å². The monoisotopic (exact) mass is 194 g/mol. The molecule has 0 unspecified atom stereocenters. The van der Waals surface area contributed by atoms with E-state index in [1.165, 1.54) is 7.11 Å². The summed E-state index contributed by atoms with van der Waals surface area (Å²) in [5.41, 5.74) is 0.815. The molecule has 0 atom stereocenters. The standard InChI is InChI=1S/C11H14O3/c1-3-9(12)6-8-4-5-11(14-2)10(13)7-8/h4-5,7,13H,3,6H2,1-2H3. The molecule has 0 fully saturated rings. The van der Waals surface area contributed by atoms with Gasteiger partial charge in [-0.05, 0) is 17.7 Å². The summed E-state index contributed by atoms with van der Waals surface area (Å²) in [5, 5.41) is 9.44. The first-order valence-corrected chi connectivity index (χ1v) is 4.55. The van der Waals surface area contributed by atoms with Gasteiger partial charge in [-0.25, -0.2) is 0 Å². The molecule has 0 heterocycles. The maximum atomic E-state index is 11.1. The fraction of sp³-hybridized carbons (Fsp3) is 0.364. The molecule has 1 aromatic rings. The Bertz CT molecular complexity index is 331. The molecule has 14 heavy (non-hydrogen) atoms. The van der Waals surface area contributed by atoms with E-state index in [2.05, 4.69) is 0 Å². The number of phenolic OH excluding ortho intramolecular Hbond substituents is 1. The third-order valence-electron chi connectivity index (χ3n) is 2.04. The molecule has 0 saturated carbocycles. The molecule has 76 valence electrons. The molecule has 0 bridgehead atoms. The van der Waals surface area contributed by atoms with E-state index in [9.17, 15) is 9.90 Å². The van der Waals surface area contributed by atoms with Crippen LogP contribution in [0.3, 0.4) is 0 Å². The van der Waals surface area contributed by atoms with E-state index >= 15 is 0 Å². The largest absolute Gasteiger partial charge is 0.504 e. The van der Waals surface area contributed by atoms with E-state index in [0.29, 0.717) is 18.6 Å². The van der Waals surface area contributed by atoms with E-state index in [4.69, 9.17) is 4.74 Å². The van der Waals surface area contributed by atoms with E-state index < -0.39 is 0 Å². The maximum absolute atomic E-state index is 11.1. The van der Waals surface area contributed by atoms with Crippen LogP contribution in [0.15, 0.2) is 18.2 Å². The van der Waals surface area contributed by atoms with Crippen LogP contribution in [0.2, 0.25) is 0 Å². The lowest BCUT2D eigenvalue weighted by molar-refractivity contribution is -0.118. The molecule has 1 aromatic carbocycles. The number of carbonyl (C=O) groups excluding carboxylic acids is 1. The number of benzene rings is 1. The van der Waals surface area contributed by atoms with Crippen LogP contribution in [0.1, 0.15) is 18.9 Å². The predicted octanol–water partition coefficient (Wildman–Crippen LogP) is 1.92. The maximum Gasteiger partial charge on any atom is 0.160 e. The fourth-order valence-corrected chi connectivity index (χ4v) is 1.20. The van der Waals surface area contributed by atoms with Gasteiger partial charge in [0.15, 0.2) is 11.5 Å². The number of phenols is 1. The Morgan fingerprint density at radius 1 is 1.50 bits per heavy atom. The van der Waals surface area contributed by atoms with Crippen molar-refractivity contribution in [2.24, 2.45) is 0 Å². The number of aromatic hydroxyl groups is 1. The average molecular weight is 194 g/mol. The van der Waals surface area contributed by atoms with Crippen molar-refractivity contribution >= 4 is 5.78 Å². The zero-order valence-electron chi connectivity index (χ0n) is 8.41. The lowest BCUT2D eigenvalue weighted by Gasteiger charge is -2.05. The molecule has 3 heteroatoms. The highest BCUT2D eigenvalue weighted by Gasteiger charge is 2.05. The van der Waals surface area contributed by atoms with Crippen molar-refractivity contribution in [1.29, 1.82) is 0 Å². The quantitative estimate of drug-likeness (QED) is 0.796. The van der Waals surface area contributed by atoms with Gasteiger partial charge in [-0.15, -0.1) is 0 Å². The summed E-state index contributed by atoms with van der Waals surface area (Å²) in [6.45, 7) is 1.83. The average Bonchev–Trinajstić information content (AvgIpc) is 2.18. The first kappa shape index (κ1) is 10.6. The minimum absolute atomic E-state index is 0.0777. The first-order valence-electron chi connectivity index (χ1n) is 4.55. The summed E-state index contributed by atoms with van der Waals surface area (Å²) in [6.07, 6.45) is 0.890. The van der Waals surface area contributed by atoms with Crippen molar-refractivity contribution in [1.82, 2.24) is 0 Å². The van der Waals surface area contributed by atoms with Gasteiger partial charge in [0.25, 0.3) is 0 Å². The Labute approximate surface area is 83.3 Å². The van der Waals surface area contributed by atoms with Crippen LogP contribution in [-0.2, 0) is 11.2 Å². The van der Waals surface area contributed by atoms with Crippen LogP contribution in [0.4, 0.5) is 0 Å². The van der Waals surface area contributed by atoms with E-state index in [-0.39, 0.29) is 11.5 Å². The Morgan fingerprint density at radius 3 is 2.71 bits per heavy atom. The summed E-state index contributed by atoms with van der Waals surface area (Å²) in [5.74, 6) is 0.668. The summed E-state index contributed by atoms with van der Waals surface area (Å²) >= 11 is 0. The van der Waals surface area contributed by atoms with Crippen LogP contribution in [0, 0.1) is 0 Å². The third kappa shape index (κ3) is 2.49. The Hall–Kier alpha value is -1.51. The highest BCUT2D eigenvalue weighted by Crippen LogP contribution is 2.26. The third-order valence-corrected chi connectivity index (χ3v) is 2.04. The zero-order chi connectivity index (χ0) is 10.6. The van der Waals surface area contributed by atoms with Crippen molar-refractivity contribution in [2.45, 2.75) is 19.8 Å². The molecule has 1 rings (SSSR count). The van der Waals surface area contributed by atoms with E-state index in [1.807, 2.05) is 6.92 Å². The Morgan fingerprint density at radius 2 is 2.21 bits per heavy atom. The van der Waals surface area contributed by atoms with Gasteiger partial charge in [0.1, 0.15) is 5.78 Å². The van der Waals surface area contributed by atoms with Gasteiger partial charge in [0.05, 0.1) is 7.11 Å². The van der Waals surface area contributed by atoms with Crippen LogP contribution in [0.25, 0.3) is 0 Å². The smallest absolute Gasteiger partial charge is 0.160 e. The molecule has 0 aromatic heterocycles. The molecule has 1 N–H and O–H groups in total. The van der Waals surface area contributed by atoms with Crippen LogP contribution in [-0.4, -0.2) is 18.0 Å². The predicted molar refractivity (Wildman–Crippen MR) is 53.7 cm³/mol. The van der Waals surface area contributed by atoms with Gasteiger partial charge >= 0.3 is 0 Å². The molecule has 0 aliphatic carbocycles. The van der Waals surface area contributed by atoms with Gasteiger partial charge in [-0.1, -0.05) is 13.0 Å². The zero-order valence-corrected chi connectivity index (χ0v) is 8.41. The topological polar surface area (TPSA) is 46.5 Å². The van der Waals surface area contributed by atoms with Crippen LogP contribution < -0.4 is 4.74 Å². The van der Waals surface area contributed by atoms with Gasteiger partial charge in [-0.2, -0.15) is 0 Å². The lowest BCUT2D eigenvalue weighted by atomic mass is 10.1. The summed E-state index contributed by atoms with van der Waals surface area (Å²) in [7, 11) is 1.49. The highest BCUT2D eigenvalue weighted by molar-refractivity contribution is 5.80. The minimum Gasteiger partial charge on any atom is -0.504 e. The van der Waals surface area contributed by atoms with E-state index in [1.54, 1.807) is 18.2 Å². The molecule has 3 nitrogen and oxygen atoms in total. The molecule has 0 radical (unpaired) electrons. The number of ether oxygens (including phenoxy) is 1. The van der Waals surface area contributed by atoms with Crippen molar-refractivity contribution in [3.63, 3.8) is 0 Å². The fourth-order valence-electron chi connectivity index (χ4n) is 1.20. The number of carbonyl (C=O) groups is 1. The lowest BCUT2D eigenvalue weighted by Crippen LogP contribution is -2.00. The summed E-state index contributed by atoms with van der Waals surface area (Å²) in [4.78, 5) is 11.1. The Balaban J connectivity index is 2.81. The van der Waals surface area contributed by atoms with Crippen molar-refractivity contribution in [3.8, 4) is 11.5 Å². The van der Waals surface area contributed by atoms with Crippen molar-refractivity contribution < 1.29 is 14.6 Å². The van der Waals surface area contributed by atoms with Gasteiger partial charge in [0.2, 0.25) is 0 Å². The molecule has 0 aliphatic heterocycles. The summed E-state index contributed by atoms with van der Waals surface area (Å²) < 4.78 is 4.90. The molecule has 0 aliphatic rings. The number of ketones is 1. The van der Waals surface area contributed by atoms with Crippen LogP contribution in [0.5, 0.6) is 11.5 Å². The minimum atomic E-state index is 0.0777. The molecule has 0 spiro atoms. The summed E-state index contributed by atoms with van der Waals surface area (Å²) in [6, 6.07) is 5.01. The first-order chi connectivity index (χ1) is 6.67. The number of hydrogen-bond acceptors (Lipinski definition) is 3. The van der Waals surface area contributed by atoms with Crippen molar-refractivity contribution in [3.05, 3.63) is 23.8 Å². The molecule has 0 amide bonds. The van der Waals surface area contributed by atoms with Crippen LogP contribution >= 0.6 is 0 Å². The van der Waals surface area contributed by atoms with Crippen molar-refractivity contribution in [2.75, 3.05) is 7.11 Å². The van der Waals surface area contributed by atoms with E-state index in [0.717, 1.165) is 5.56 Å². The second-order valence-corrected chi connectivity index (χ2v) is 3.08. The second-order valence-electron chi connectivity index (χ2n) is 3.08. The highest BCUT2D eigenvalue weighted by atomic mass is 16.5. The number of rotatable bonds is 4. The number of methoxy groups -OCH3 is 1. The Kier molecular flexibility index (Phi) is 3.51. The second kappa shape index (κ2) is 4.65. The normalized spacial score (nSPS) is 9.86. The number of hydrogen-bond donors (Lipinski definition) is 1. The molecule has 0 saturated heterocycles. The van der Waals surface area contributed by atoms with Gasteiger partial charge in [-0.3, -0.25) is 4.79 Å². The molecular weight excluding hydrogens is 180 g/mol. The van der Waals surface area contributed by atoms with Gasteiger partial charge < -0.3 is 9.84 Å².